The molecule has 1 N–H and O–H groups in total. The van der Waals surface area contributed by atoms with E-state index in [0.717, 1.165) is 10.7 Å². The highest BCUT2D eigenvalue weighted by Gasteiger charge is 2.01. The van der Waals surface area contributed by atoms with Gasteiger partial charge in [-0.15, -0.1) is 0 Å². The maximum Gasteiger partial charge on any atom is 0.0417 e. The fourth-order valence-electron chi connectivity index (χ4n) is 1.58. The second kappa shape index (κ2) is 4.37. The zero-order valence-corrected chi connectivity index (χ0v) is 9.25. The monoisotopic (exact) mass is 217 g/mol. The summed E-state index contributed by atoms with van der Waals surface area (Å²) in [5.74, 6) is 0. The SMILES string of the molecule is CNc1ccccc1-c1ccc(Cl)cc1. The van der Waals surface area contributed by atoms with Crippen molar-refractivity contribution in [2.75, 3.05) is 12.4 Å². The number of anilines is 1. The van der Waals surface area contributed by atoms with Gasteiger partial charge in [0, 0.05) is 23.3 Å². The highest BCUT2D eigenvalue weighted by Crippen LogP contribution is 2.28. The molecule has 0 heterocycles. The lowest BCUT2D eigenvalue weighted by molar-refractivity contribution is 1.50. The average molecular weight is 218 g/mol. The highest BCUT2D eigenvalue weighted by molar-refractivity contribution is 6.30. The van der Waals surface area contributed by atoms with Gasteiger partial charge in [-0.1, -0.05) is 41.9 Å². The van der Waals surface area contributed by atoms with Crippen LogP contribution in [0.1, 0.15) is 0 Å². The van der Waals surface area contributed by atoms with Crippen molar-refractivity contribution in [2.45, 2.75) is 0 Å². The molecule has 0 atom stereocenters. The third kappa shape index (κ3) is 2.13. The second-order valence-electron chi connectivity index (χ2n) is 3.30. The summed E-state index contributed by atoms with van der Waals surface area (Å²) in [4.78, 5) is 0. The fraction of sp³-hybridized carbons (Fsp3) is 0.0769. The van der Waals surface area contributed by atoms with Crippen LogP contribution in [0.3, 0.4) is 0 Å². The summed E-state index contributed by atoms with van der Waals surface area (Å²) in [6, 6.07) is 16.1. The molecule has 2 aromatic rings. The van der Waals surface area contributed by atoms with Gasteiger partial charge < -0.3 is 5.32 Å². The zero-order chi connectivity index (χ0) is 10.7. The first-order valence-electron chi connectivity index (χ1n) is 4.84. The van der Waals surface area contributed by atoms with E-state index in [1.807, 2.05) is 43.4 Å². The molecule has 0 aliphatic carbocycles. The summed E-state index contributed by atoms with van der Waals surface area (Å²) in [5.41, 5.74) is 3.49. The van der Waals surface area contributed by atoms with Crippen molar-refractivity contribution in [1.29, 1.82) is 0 Å². The van der Waals surface area contributed by atoms with Crippen molar-refractivity contribution in [2.24, 2.45) is 0 Å². The molecular weight excluding hydrogens is 206 g/mol. The number of rotatable bonds is 2. The van der Waals surface area contributed by atoms with Crippen molar-refractivity contribution >= 4 is 17.3 Å². The molecule has 2 aromatic carbocycles. The summed E-state index contributed by atoms with van der Waals surface area (Å²) < 4.78 is 0. The molecule has 0 amide bonds. The number of halogens is 1. The Morgan fingerprint density at radius 3 is 2.27 bits per heavy atom. The standard InChI is InChI=1S/C13H12ClN/c1-15-13-5-3-2-4-12(13)10-6-8-11(14)9-7-10/h2-9,15H,1H3. The topological polar surface area (TPSA) is 12.0 Å². The molecule has 0 saturated carbocycles. The number of nitrogens with one attached hydrogen (secondary N) is 1. The van der Waals surface area contributed by atoms with Crippen LogP contribution in [0.4, 0.5) is 5.69 Å². The molecule has 2 heteroatoms. The Bertz CT molecular complexity index is 448. The van der Waals surface area contributed by atoms with Crippen LogP contribution >= 0.6 is 11.6 Å². The van der Waals surface area contributed by atoms with E-state index in [1.54, 1.807) is 0 Å². The Morgan fingerprint density at radius 1 is 0.933 bits per heavy atom. The summed E-state index contributed by atoms with van der Waals surface area (Å²) in [6.45, 7) is 0. The van der Waals surface area contributed by atoms with Crippen LogP contribution in [0.5, 0.6) is 0 Å². The lowest BCUT2D eigenvalue weighted by Gasteiger charge is -2.08. The Kier molecular flexibility index (Phi) is 2.93. The molecule has 0 spiro atoms. The zero-order valence-electron chi connectivity index (χ0n) is 8.50. The summed E-state index contributed by atoms with van der Waals surface area (Å²) in [7, 11) is 1.93. The molecule has 0 aliphatic rings. The van der Waals surface area contributed by atoms with Gasteiger partial charge in [-0.2, -0.15) is 0 Å². The van der Waals surface area contributed by atoms with Gasteiger partial charge in [-0.05, 0) is 23.8 Å². The van der Waals surface area contributed by atoms with Crippen molar-refractivity contribution in [3.63, 3.8) is 0 Å². The fourth-order valence-corrected chi connectivity index (χ4v) is 1.71. The van der Waals surface area contributed by atoms with Crippen LogP contribution in [-0.2, 0) is 0 Å². The van der Waals surface area contributed by atoms with E-state index in [1.165, 1.54) is 11.1 Å². The Balaban J connectivity index is 2.49. The normalized spacial score (nSPS) is 10.0. The van der Waals surface area contributed by atoms with Crippen LogP contribution in [-0.4, -0.2) is 7.05 Å². The highest BCUT2D eigenvalue weighted by atomic mass is 35.5. The van der Waals surface area contributed by atoms with Crippen LogP contribution in [0.2, 0.25) is 5.02 Å². The minimum absolute atomic E-state index is 0.765. The molecule has 0 aromatic heterocycles. The minimum atomic E-state index is 0.765. The van der Waals surface area contributed by atoms with Gasteiger partial charge >= 0.3 is 0 Å². The molecule has 1 nitrogen and oxygen atoms in total. The molecule has 0 unspecified atom stereocenters. The van der Waals surface area contributed by atoms with E-state index in [4.69, 9.17) is 11.6 Å². The number of hydrogen-bond acceptors (Lipinski definition) is 1. The van der Waals surface area contributed by atoms with Gasteiger partial charge in [-0.25, -0.2) is 0 Å². The molecule has 0 fully saturated rings. The molecule has 0 radical (unpaired) electrons. The average Bonchev–Trinajstić information content (AvgIpc) is 2.30. The number of para-hydroxylation sites is 1. The first-order chi connectivity index (χ1) is 7.31. The van der Waals surface area contributed by atoms with Gasteiger partial charge in [0.1, 0.15) is 0 Å². The Labute approximate surface area is 94.7 Å². The Morgan fingerprint density at radius 2 is 1.60 bits per heavy atom. The van der Waals surface area contributed by atoms with Crippen LogP contribution in [0, 0.1) is 0 Å². The van der Waals surface area contributed by atoms with Crippen LogP contribution in [0.25, 0.3) is 11.1 Å². The Hall–Kier alpha value is -1.47. The summed E-state index contributed by atoms with van der Waals surface area (Å²) >= 11 is 5.86. The van der Waals surface area contributed by atoms with Crippen molar-refractivity contribution < 1.29 is 0 Å². The van der Waals surface area contributed by atoms with Gasteiger partial charge in [0.15, 0.2) is 0 Å². The van der Waals surface area contributed by atoms with Crippen LogP contribution < -0.4 is 5.32 Å². The smallest absolute Gasteiger partial charge is 0.0417 e. The first-order valence-corrected chi connectivity index (χ1v) is 5.22. The maximum absolute atomic E-state index is 5.86. The molecule has 2 rings (SSSR count). The van der Waals surface area contributed by atoms with Crippen molar-refractivity contribution in [3.05, 3.63) is 53.6 Å². The van der Waals surface area contributed by atoms with Crippen molar-refractivity contribution in [1.82, 2.24) is 0 Å². The quantitative estimate of drug-likeness (QED) is 0.801. The van der Waals surface area contributed by atoms with E-state index in [0.29, 0.717) is 0 Å². The number of hydrogen-bond donors (Lipinski definition) is 1. The third-order valence-corrected chi connectivity index (χ3v) is 2.60. The molecule has 15 heavy (non-hydrogen) atoms. The molecule has 0 bridgehead atoms. The van der Waals surface area contributed by atoms with Gasteiger partial charge in [0.2, 0.25) is 0 Å². The minimum Gasteiger partial charge on any atom is -0.388 e. The molecular formula is C13H12ClN. The summed E-state index contributed by atoms with van der Waals surface area (Å²) in [6.07, 6.45) is 0. The molecule has 0 saturated heterocycles. The van der Waals surface area contributed by atoms with Gasteiger partial charge in [0.05, 0.1) is 0 Å². The largest absolute Gasteiger partial charge is 0.388 e. The van der Waals surface area contributed by atoms with E-state index in [-0.39, 0.29) is 0 Å². The number of benzene rings is 2. The lowest BCUT2D eigenvalue weighted by atomic mass is 10.0. The molecule has 0 aliphatic heterocycles. The second-order valence-corrected chi connectivity index (χ2v) is 3.74. The predicted octanol–water partition coefficient (Wildman–Crippen LogP) is 4.05. The van der Waals surface area contributed by atoms with Crippen molar-refractivity contribution in [3.8, 4) is 11.1 Å². The lowest BCUT2D eigenvalue weighted by Crippen LogP contribution is -1.90. The van der Waals surface area contributed by atoms with Gasteiger partial charge in [0.25, 0.3) is 0 Å². The molecule has 76 valence electrons. The van der Waals surface area contributed by atoms with E-state index >= 15 is 0 Å². The van der Waals surface area contributed by atoms with Crippen LogP contribution in [0.15, 0.2) is 48.5 Å². The maximum atomic E-state index is 5.86. The van der Waals surface area contributed by atoms with E-state index in [9.17, 15) is 0 Å². The van der Waals surface area contributed by atoms with E-state index < -0.39 is 0 Å². The summed E-state index contributed by atoms with van der Waals surface area (Å²) in [5, 5.41) is 3.94. The first kappa shape index (κ1) is 10.1. The third-order valence-electron chi connectivity index (χ3n) is 2.35. The van der Waals surface area contributed by atoms with E-state index in [2.05, 4.69) is 17.4 Å². The predicted molar refractivity (Wildman–Crippen MR) is 66.4 cm³/mol. The van der Waals surface area contributed by atoms with Gasteiger partial charge in [-0.3, -0.25) is 0 Å².